The minimum absolute atomic E-state index is 0.431. The summed E-state index contributed by atoms with van der Waals surface area (Å²) in [5.74, 6) is 1.51. The summed E-state index contributed by atoms with van der Waals surface area (Å²) in [6, 6.07) is 21.0. The number of ether oxygens (including phenoxy) is 2. The van der Waals surface area contributed by atoms with E-state index in [4.69, 9.17) is 14.7 Å². The molecule has 4 heteroatoms. The first kappa shape index (κ1) is 17.2. The maximum atomic E-state index is 8.86. The van der Waals surface area contributed by atoms with E-state index in [1.165, 1.54) is 0 Å². The first-order chi connectivity index (χ1) is 12.8. The van der Waals surface area contributed by atoms with Crippen molar-refractivity contribution >= 4 is 12.2 Å². The van der Waals surface area contributed by atoms with Gasteiger partial charge in [0.15, 0.2) is 0 Å². The van der Waals surface area contributed by atoms with E-state index >= 15 is 0 Å². The molecule has 0 saturated carbocycles. The van der Waals surface area contributed by atoms with Crippen molar-refractivity contribution < 1.29 is 9.47 Å². The topological polar surface area (TPSA) is 55.1 Å². The second-order valence-electron chi connectivity index (χ2n) is 5.59. The molecule has 0 unspecified atom stereocenters. The molecule has 3 rings (SSSR count). The van der Waals surface area contributed by atoms with Gasteiger partial charge in [-0.1, -0.05) is 30.3 Å². The van der Waals surface area contributed by atoms with Crippen molar-refractivity contribution in [3.8, 4) is 17.6 Å². The summed E-state index contributed by atoms with van der Waals surface area (Å²) < 4.78 is 11.2. The van der Waals surface area contributed by atoms with Gasteiger partial charge in [0.05, 0.1) is 18.7 Å². The highest BCUT2D eigenvalue weighted by Crippen LogP contribution is 2.21. The molecule has 3 aromatic rings. The van der Waals surface area contributed by atoms with Crippen molar-refractivity contribution in [3.05, 3.63) is 89.2 Å². The largest absolute Gasteiger partial charge is 0.497 e. The molecule has 0 fully saturated rings. The molecule has 128 valence electrons. The van der Waals surface area contributed by atoms with E-state index in [0.29, 0.717) is 17.9 Å². The maximum Gasteiger partial charge on any atom is 0.145 e. The molecule has 4 nitrogen and oxygen atoms in total. The van der Waals surface area contributed by atoms with Crippen LogP contribution in [0.15, 0.2) is 66.9 Å². The highest BCUT2D eigenvalue weighted by atomic mass is 16.5. The molecule has 0 radical (unpaired) electrons. The Hall–Kier alpha value is -3.58. The lowest BCUT2D eigenvalue weighted by molar-refractivity contribution is 0.303. The normalized spacial score (nSPS) is 10.5. The van der Waals surface area contributed by atoms with Crippen molar-refractivity contribution in [3.63, 3.8) is 0 Å². The minimum atomic E-state index is 0.431. The van der Waals surface area contributed by atoms with Crippen molar-refractivity contribution in [2.24, 2.45) is 0 Å². The van der Waals surface area contributed by atoms with Crippen LogP contribution in [-0.2, 0) is 6.61 Å². The molecule has 0 bridgehead atoms. The Kier molecular flexibility index (Phi) is 5.64. The van der Waals surface area contributed by atoms with E-state index in [1.807, 2.05) is 60.7 Å². The van der Waals surface area contributed by atoms with E-state index < -0.39 is 0 Å². The van der Waals surface area contributed by atoms with Crippen molar-refractivity contribution in [2.45, 2.75) is 6.61 Å². The van der Waals surface area contributed by atoms with Crippen LogP contribution < -0.4 is 9.47 Å². The molecule has 26 heavy (non-hydrogen) atoms. The summed E-state index contributed by atoms with van der Waals surface area (Å²) >= 11 is 0. The van der Waals surface area contributed by atoms with Crippen LogP contribution in [0.2, 0.25) is 0 Å². The van der Waals surface area contributed by atoms with Crippen LogP contribution in [0.5, 0.6) is 11.5 Å². The highest BCUT2D eigenvalue weighted by Gasteiger charge is 2.03. The van der Waals surface area contributed by atoms with Gasteiger partial charge in [-0.05, 0) is 53.6 Å². The van der Waals surface area contributed by atoms with Crippen LogP contribution in [-0.4, -0.2) is 12.1 Å². The number of hydrogen-bond acceptors (Lipinski definition) is 4. The molecule has 1 heterocycles. The number of rotatable bonds is 6. The quantitative estimate of drug-likeness (QED) is 0.651. The van der Waals surface area contributed by atoms with Gasteiger partial charge in [0.1, 0.15) is 23.8 Å². The number of hydrogen-bond donors (Lipinski definition) is 0. The smallest absolute Gasteiger partial charge is 0.145 e. The number of benzene rings is 2. The number of pyridine rings is 1. The molecular weight excluding hydrogens is 324 g/mol. The van der Waals surface area contributed by atoms with Gasteiger partial charge in [-0.2, -0.15) is 5.26 Å². The first-order valence-corrected chi connectivity index (χ1v) is 8.17. The molecule has 2 aromatic carbocycles. The molecule has 0 saturated heterocycles. The maximum absolute atomic E-state index is 8.86. The van der Waals surface area contributed by atoms with E-state index in [2.05, 4.69) is 11.1 Å². The fourth-order valence-electron chi connectivity index (χ4n) is 2.42. The first-order valence-electron chi connectivity index (χ1n) is 8.17. The highest BCUT2D eigenvalue weighted by molar-refractivity contribution is 5.70. The number of nitrogens with zero attached hydrogens (tertiary/aromatic N) is 2. The molecule has 0 aliphatic heterocycles. The van der Waals surface area contributed by atoms with Crippen LogP contribution in [0.4, 0.5) is 0 Å². The molecule has 0 aliphatic rings. The average Bonchev–Trinajstić information content (AvgIpc) is 2.72. The van der Waals surface area contributed by atoms with Crippen LogP contribution in [0.25, 0.3) is 12.2 Å². The van der Waals surface area contributed by atoms with Crippen LogP contribution in [0, 0.1) is 11.3 Å². The van der Waals surface area contributed by atoms with Gasteiger partial charge in [-0.25, -0.2) is 0 Å². The fourth-order valence-corrected chi connectivity index (χ4v) is 2.42. The Morgan fingerprint density at radius 2 is 1.88 bits per heavy atom. The lowest BCUT2D eigenvalue weighted by Crippen LogP contribution is -1.98. The molecule has 0 amide bonds. The Morgan fingerprint density at radius 3 is 2.65 bits per heavy atom. The Bertz CT molecular complexity index is 941. The third-order valence-electron chi connectivity index (χ3n) is 3.80. The molecule has 1 aromatic heterocycles. The third kappa shape index (κ3) is 4.49. The molecule has 0 aliphatic carbocycles. The summed E-state index contributed by atoms with van der Waals surface area (Å²) in [6.07, 6.45) is 5.58. The lowest BCUT2D eigenvalue weighted by atomic mass is 10.1. The molecule has 0 spiro atoms. The number of nitriles is 1. The second kappa shape index (κ2) is 8.50. The Labute approximate surface area is 153 Å². The van der Waals surface area contributed by atoms with Gasteiger partial charge >= 0.3 is 0 Å². The van der Waals surface area contributed by atoms with Crippen molar-refractivity contribution in [2.75, 3.05) is 7.11 Å². The molecule has 0 atom stereocenters. The monoisotopic (exact) mass is 342 g/mol. The van der Waals surface area contributed by atoms with E-state index in [-0.39, 0.29) is 0 Å². The average molecular weight is 342 g/mol. The van der Waals surface area contributed by atoms with E-state index in [1.54, 1.807) is 25.4 Å². The predicted octanol–water partition coefficient (Wildman–Crippen LogP) is 4.71. The predicted molar refractivity (Wildman–Crippen MR) is 102 cm³/mol. The summed E-state index contributed by atoms with van der Waals surface area (Å²) in [5.41, 5.74) is 3.41. The zero-order valence-corrected chi connectivity index (χ0v) is 14.4. The fraction of sp³-hybridized carbons (Fsp3) is 0.0909. The van der Waals surface area contributed by atoms with Crippen LogP contribution in [0.3, 0.4) is 0 Å². The van der Waals surface area contributed by atoms with E-state index in [9.17, 15) is 0 Å². The van der Waals surface area contributed by atoms with Crippen molar-refractivity contribution in [1.29, 1.82) is 5.26 Å². The zero-order chi connectivity index (χ0) is 18.2. The van der Waals surface area contributed by atoms with Gasteiger partial charge in [-0.15, -0.1) is 0 Å². The van der Waals surface area contributed by atoms with Gasteiger partial charge in [-0.3, -0.25) is 4.98 Å². The number of methoxy groups -OCH3 is 1. The summed E-state index contributed by atoms with van der Waals surface area (Å²) in [5, 5.41) is 8.86. The molecule has 0 N–H and O–H groups in total. The van der Waals surface area contributed by atoms with Gasteiger partial charge in [0.25, 0.3) is 0 Å². The standard InChI is InChI=1S/C22H18N2O2/c1-25-20-5-2-4-19(14-20)16-26-22-6-3-13-24-21(22)12-11-17-7-9-18(15-23)10-8-17/h2-14H,16H2,1H3. The summed E-state index contributed by atoms with van der Waals surface area (Å²) in [7, 11) is 1.65. The summed E-state index contributed by atoms with van der Waals surface area (Å²) in [6.45, 7) is 0.431. The van der Waals surface area contributed by atoms with Crippen LogP contribution in [0.1, 0.15) is 22.4 Å². The van der Waals surface area contributed by atoms with Gasteiger partial charge < -0.3 is 9.47 Å². The zero-order valence-electron chi connectivity index (χ0n) is 14.4. The van der Waals surface area contributed by atoms with Crippen molar-refractivity contribution in [1.82, 2.24) is 4.98 Å². The van der Waals surface area contributed by atoms with E-state index in [0.717, 1.165) is 22.6 Å². The lowest BCUT2D eigenvalue weighted by Gasteiger charge is -2.09. The third-order valence-corrected chi connectivity index (χ3v) is 3.80. The Balaban J connectivity index is 1.73. The summed E-state index contributed by atoms with van der Waals surface area (Å²) in [4.78, 5) is 4.38. The molecular formula is C22H18N2O2. The van der Waals surface area contributed by atoms with Gasteiger partial charge in [0, 0.05) is 6.20 Å². The number of aromatic nitrogens is 1. The van der Waals surface area contributed by atoms with Gasteiger partial charge in [0.2, 0.25) is 0 Å². The Morgan fingerprint density at radius 1 is 1.04 bits per heavy atom. The second-order valence-corrected chi connectivity index (χ2v) is 5.59. The van der Waals surface area contributed by atoms with Crippen LogP contribution >= 0.6 is 0 Å². The minimum Gasteiger partial charge on any atom is -0.497 e. The SMILES string of the molecule is COc1cccc(COc2cccnc2C=Cc2ccc(C#N)cc2)c1.